The lowest BCUT2D eigenvalue weighted by Crippen LogP contribution is -2.25. The van der Waals surface area contributed by atoms with Crippen molar-refractivity contribution in [3.05, 3.63) is 35.4 Å². The van der Waals surface area contributed by atoms with E-state index in [1.165, 1.54) is 4.90 Å². The third-order valence-corrected chi connectivity index (χ3v) is 2.92. The Labute approximate surface area is 132 Å². The molecule has 5 nitrogen and oxygen atoms in total. The van der Waals surface area contributed by atoms with Crippen LogP contribution in [-0.2, 0) is 11.3 Å². The first-order chi connectivity index (χ1) is 9.40. The van der Waals surface area contributed by atoms with Crippen molar-refractivity contribution in [1.29, 1.82) is 0 Å². The fourth-order valence-corrected chi connectivity index (χ4v) is 1.67. The topological polar surface area (TPSA) is 75.4 Å². The second-order valence-electron chi connectivity index (χ2n) is 5.19. The molecule has 118 valence electrons. The standard InChI is InChI=1S/C15H23N3O2.ClH/c1-11(16)4-9-14(19)17-10-12-5-7-13(8-6-12)15(20)18(2)3;/h5-8,11H,4,9-10,16H2,1-3H3,(H,17,19);1H. The zero-order chi connectivity index (χ0) is 15.1. The molecule has 0 fully saturated rings. The molecule has 0 heterocycles. The molecule has 21 heavy (non-hydrogen) atoms. The number of hydrogen-bond acceptors (Lipinski definition) is 3. The van der Waals surface area contributed by atoms with Crippen LogP contribution in [-0.4, -0.2) is 36.9 Å². The summed E-state index contributed by atoms with van der Waals surface area (Å²) in [5.74, 6) is -0.0340. The zero-order valence-corrected chi connectivity index (χ0v) is 13.6. The Bertz CT molecular complexity index is 458. The smallest absolute Gasteiger partial charge is 0.253 e. The van der Waals surface area contributed by atoms with Gasteiger partial charge in [0, 0.05) is 38.7 Å². The van der Waals surface area contributed by atoms with E-state index in [0.29, 0.717) is 24.9 Å². The monoisotopic (exact) mass is 313 g/mol. The van der Waals surface area contributed by atoms with E-state index in [-0.39, 0.29) is 30.3 Å². The summed E-state index contributed by atoms with van der Waals surface area (Å²) in [7, 11) is 3.43. The van der Waals surface area contributed by atoms with Crippen molar-refractivity contribution in [2.45, 2.75) is 32.4 Å². The molecule has 1 atom stereocenters. The number of amides is 2. The molecule has 0 radical (unpaired) electrons. The Kier molecular flexibility index (Phi) is 8.66. The van der Waals surface area contributed by atoms with E-state index in [4.69, 9.17) is 5.73 Å². The van der Waals surface area contributed by atoms with Crippen molar-refractivity contribution in [3.63, 3.8) is 0 Å². The molecular weight excluding hydrogens is 290 g/mol. The summed E-state index contributed by atoms with van der Waals surface area (Å²) >= 11 is 0. The Balaban J connectivity index is 0.00000400. The van der Waals surface area contributed by atoms with Gasteiger partial charge in [0.1, 0.15) is 0 Å². The maximum absolute atomic E-state index is 11.7. The van der Waals surface area contributed by atoms with Gasteiger partial charge in [0.2, 0.25) is 5.91 Å². The summed E-state index contributed by atoms with van der Waals surface area (Å²) in [5, 5.41) is 2.84. The summed E-state index contributed by atoms with van der Waals surface area (Å²) in [6, 6.07) is 7.28. The van der Waals surface area contributed by atoms with Crippen molar-refractivity contribution in [2.75, 3.05) is 14.1 Å². The number of rotatable bonds is 6. The van der Waals surface area contributed by atoms with Crippen LogP contribution in [0.1, 0.15) is 35.7 Å². The van der Waals surface area contributed by atoms with Crippen LogP contribution >= 0.6 is 12.4 Å². The van der Waals surface area contributed by atoms with Gasteiger partial charge in [0.25, 0.3) is 5.91 Å². The largest absolute Gasteiger partial charge is 0.352 e. The van der Waals surface area contributed by atoms with Crippen molar-refractivity contribution in [2.24, 2.45) is 5.73 Å². The number of halogens is 1. The number of nitrogens with zero attached hydrogens (tertiary/aromatic N) is 1. The molecular formula is C15H24ClN3O2. The molecule has 0 saturated carbocycles. The number of carbonyl (C=O) groups excluding carboxylic acids is 2. The minimum absolute atomic E-state index is 0. The van der Waals surface area contributed by atoms with Crippen molar-refractivity contribution in [1.82, 2.24) is 10.2 Å². The highest BCUT2D eigenvalue weighted by molar-refractivity contribution is 5.93. The predicted octanol–water partition coefficient (Wildman–Crippen LogP) is 1.55. The first kappa shape index (κ1) is 19.4. The van der Waals surface area contributed by atoms with E-state index in [2.05, 4.69) is 5.32 Å². The minimum Gasteiger partial charge on any atom is -0.352 e. The molecule has 1 unspecified atom stereocenters. The summed E-state index contributed by atoms with van der Waals surface area (Å²) in [6.07, 6.45) is 1.12. The number of nitrogens with one attached hydrogen (secondary N) is 1. The fourth-order valence-electron chi connectivity index (χ4n) is 1.67. The van der Waals surface area contributed by atoms with Crippen LogP contribution in [0.2, 0.25) is 0 Å². The van der Waals surface area contributed by atoms with Gasteiger partial charge in [-0.25, -0.2) is 0 Å². The van der Waals surface area contributed by atoms with E-state index in [9.17, 15) is 9.59 Å². The molecule has 0 saturated heterocycles. The molecule has 1 rings (SSSR count). The van der Waals surface area contributed by atoms with Crippen LogP contribution in [0.15, 0.2) is 24.3 Å². The van der Waals surface area contributed by atoms with Crippen molar-refractivity contribution >= 4 is 24.2 Å². The number of nitrogens with two attached hydrogens (primary N) is 1. The van der Waals surface area contributed by atoms with Gasteiger partial charge in [-0.3, -0.25) is 9.59 Å². The van der Waals surface area contributed by atoms with Crippen LogP contribution in [0.4, 0.5) is 0 Å². The lowest BCUT2D eigenvalue weighted by molar-refractivity contribution is -0.121. The highest BCUT2D eigenvalue weighted by Gasteiger charge is 2.07. The lowest BCUT2D eigenvalue weighted by Gasteiger charge is -2.11. The van der Waals surface area contributed by atoms with Crippen LogP contribution in [0.25, 0.3) is 0 Å². The van der Waals surface area contributed by atoms with Crippen LogP contribution in [0, 0.1) is 0 Å². The van der Waals surface area contributed by atoms with Crippen LogP contribution in [0.3, 0.4) is 0 Å². The Morgan fingerprint density at radius 3 is 2.29 bits per heavy atom. The molecule has 6 heteroatoms. The first-order valence-electron chi connectivity index (χ1n) is 6.73. The van der Waals surface area contributed by atoms with Gasteiger partial charge in [0.05, 0.1) is 0 Å². The predicted molar refractivity (Wildman–Crippen MR) is 86.4 cm³/mol. The normalized spacial score (nSPS) is 11.2. The van der Waals surface area contributed by atoms with Gasteiger partial charge in [-0.05, 0) is 31.0 Å². The number of benzene rings is 1. The SMILES string of the molecule is CC(N)CCC(=O)NCc1ccc(C(=O)N(C)C)cc1.Cl. The number of carbonyl (C=O) groups is 2. The molecule has 0 bridgehead atoms. The van der Waals surface area contributed by atoms with E-state index in [1.807, 2.05) is 19.1 Å². The maximum atomic E-state index is 11.7. The maximum Gasteiger partial charge on any atom is 0.253 e. The molecule has 0 aliphatic carbocycles. The first-order valence-corrected chi connectivity index (χ1v) is 6.73. The van der Waals surface area contributed by atoms with Gasteiger partial charge < -0.3 is 16.0 Å². The van der Waals surface area contributed by atoms with Gasteiger partial charge in [-0.2, -0.15) is 0 Å². The highest BCUT2D eigenvalue weighted by atomic mass is 35.5. The fraction of sp³-hybridized carbons (Fsp3) is 0.467. The summed E-state index contributed by atoms with van der Waals surface area (Å²) in [4.78, 5) is 24.8. The average molecular weight is 314 g/mol. The van der Waals surface area contributed by atoms with Crippen LogP contribution < -0.4 is 11.1 Å². The van der Waals surface area contributed by atoms with E-state index < -0.39 is 0 Å². The van der Waals surface area contributed by atoms with E-state index >= 15 is 0 Å². The zero-order valence-electron chi connectivity index (χ0n) is 12.8. The lowest BCUT2D eigenvalue weighted by atomic mass is 10.1. The Hall–Kier alpha value is -1.59. The third-order valence-electron chi connectivity index (χ3n) is 2.92. The molecule has 0 aliphatic heterocycles. The molecule has 3 N–H and O–H groups in total. The van der Waals surface area contributed by atoms with E-state index in [1.54, 1.807) is 26.2 Å². The summed E-state index contributed by atoms with van der Waals surface area (Å²) in [5.41, 5.74) is 7.21. The minimum atomic E-state index is -0.0301. The van der Waals surface area contributed by atoms with Crippen molar-refractivity contribution in [3.8, 4) is 0 Å². The molecule has 1 aromatic rings. The Morgan fingerprint density at radius 1 is 1.24 bits per heavy atom. The van der Waals surface area contributed by atoms with Gasteiger partial charge in [0.15, 0.2) is 0 Å². The highest BCUT2D eigenvalue weighted by Crippen LogP contribution is 2.06. The number of hydrogen-bond donors (Lipinski definition) is 2. The van der Waals surface area contributed by atoms with Gasteiger partial charge >= 0.3 is 0 Å². The quantitative estimate of drug-likeness (QED) is 0.836. The molecule has 0 aromatic heterocycles. The second-order valence-corrected chi connectivity index (χ2v) is 5.19. The van der Waals surface area contributed by atoms with Crippen molar-refractivity contribution < 1.29 is 9.59 Å². The van der Waals surface area contributed by atoms with Gasteiger partial charge in [-0.1, -0.05) is 12.1 Å². The Morgan fingerprint density at radius 2 is 1.81 bits per heavy atom. The molecule has 0 aliphatic rings. The summed E-state index contributed by atoms with van der Waals surface area (Å²) in [6.45, 7) is 2.35. The average Bonchev–Trinajstić information content (AvgIpc) is 2.42. The van der Waals surface area contributed by atoms with Gasteiger partial charge in [-0.15, -0.1) is 12.4 Å². The second kappa shape index (κ2) is 9.37. The van der Waals surface area contributed by atoms with Crippen LogP contribution in [0.5, 0.6) is 0 Å². The summed E-state index contributed by atoms with van der Waals surface area (Å²) < 4.78 is 0. The molecule has 2 amide bonds. The molecule has 1 aromatic carbocycles. The molecule has 0 spiro atoms. The third kappa shape index (κ3) is 7.11. The van der Waals surface area contributed by atoms with E-state index in [0.717, 1.165) is 5.56 Å².